The van der Waals surface area contributed by atoms with Crippen molar-refractivity contribution in [3.63, 3.8) is 0 Å². The van der Waals surface area contributed by atoms with E-state index in [-0.39, 0.29) is 33.7 Å². The van der Waals surface area contributed by atoms with Gasteiger partial charge in [0.15, 0.2) is 20.7 Å². The topological polar surface area (TPSA) is 115 Å². The first kappa shape index (κ1) is 26.8. The monoisotopic (exact) mass is 558 g/mol. The molecule has 1 atom stereocenters. The van der Waals surface area contributed by atoms with Crippen LogP contribution in [0.2, 0.25) is 0 Å². The van der Waals surface area contributed by atoms with Crippen LogP contribution in [0.3, 0.4) is 0 Å². The number of sulfone groups is 1. The molecule has 0 spiro atoms. The second-order valence-electron chi connectivity index (χ2n) is 10.3. The van der Waals surface area contributed by atoms with Gasteiger partial charge in [-0.3, -0.25) is 24.8 Å². The second kappa shape index (κ2) is 11.1. The fraction of sp³-hybridized carbons (Fsp3) is 0.538. The average Bonchev–Trinajstić information content (AvgIpc) is 3.47. The fourth-order valence-corrected chi connectivity index (χ4v) is 7.52. The van der Waals surface area contributed by atoms with Crippen molar-refractivity contribution in [2.45, 2.75) is 62.3 Å². The summed E-state index contributed by atoms with van der Waals surface area (Å²) < 4.78 is 25.2. The van der Waals surface area contributed by atoms with Crippen molar-refractivity contribution < 1.29 is 18.0 Å². The van der Waals surface area contributed by atoms with Gasteiger partial charge >= 0.3 is 0 Å². The SMILES string of the molecule is CC(=O)N1CCN(Cc2cnc(NC(=O)C(=NN3CCCC3)c3ccc(S(=O)(=O)C4CC4)cc3)s2)C[C@@H]1C. The van der Waals surface area contributed by atoms with Crippen LogP contribution in [0, 0.1) is 0 Å². The van der Waals surface area contributed by atoms with Crippen LogP contribution in [0.15, 0.2) is 40.5 Å². The Labute approximate surface area is 227 Å². The lowest BCUT2D eigenvalue weighted by Gasteiger charge is -2.39. The van der Waals surface area contributed by atoms with Gasteiger partial charge in [-0.05, 0) is 44.7 Å². The third-order valence-corrected chi connectivity index (χ3v) is 10.4. The number of carbonyl (C=O) groups is 2. The highest BCUT2D eigenvalue weighted by Gasteiger charge is 2.37. The summed E-state index contributed by atoms with van der Waals surface area (Å²) in [6, 6.07) is 6.63. The maximum absolute atomic E-state index is 13.4. The molecule has 2 saturated heterocycles. The Hall–Kier alpha value is -2.83. The number of carbonyl (C=O) groups excluding carboxylic acids is 2. The molecule has 0 bridgehead atoms. The lowest BCUT2D eigenvalue weighted by molar-refractivity contribution is -0.133. The molecule has 3 aliphatic rings. The van der Waals surface area contributed by atoms with Gasteiger partial charge in [-0.1, -0.05) is 12.1 Å². The average molecular weight is 559 g/mol. The minimum atomic E-state index is -3.30. The fourth-order valence-electron chi connectivity index (χ4n) is 5.01. The number of anilines is 1. The molecule has 5 rings (SSSR count). The summed E-state index contributed by atoms with van der Waals surface area (Å²) in [5.41, 5.74) is 0.812. The summed E-state index contributed by atoms with van der Waals surface area (Å²) in [4.78, 5) is 35.0. The first-order valence-electron chi connectivity index (χ1n) is 13.1. The van der Waals surface area contributed by atoms with Crippen LogP contribution < -0.4 is 5.32 Å². The van der Waals surface area contributed by atoms with Gasteiger partial charge < -0.3 is 4.90 Å². The highest BCUT2D eigenvalue weighted by molar-refractivity contribution is 7.92. The van der Waals surface area contributed by atoms with E-state index in [4.69, 9.17) is 0 Å². The van der Waals surface area contributed by atoms with E-state index >= 15 is 0 Å². The summed E-state index contributed by atoms with van der Waals surface area (Å²) in [7, 11) is -3.30. The van der Waals surface area contributed by atoms with E-state index < -0.39 is 9.84 Å². The van der Waals surface area contributed by atoms with E-state index in [9.17, 15) is 18.0 Å². The summed E-state index contributed by atoms with van der Waals surface area (Å²) in [6.07, 6.45) is 5.23. The highest BCUT2D eigenvalue weighted by atomic mass is 32.2. The molecular formula is C26H34N6O4S2. The molecule has 2 amide bonds. The van der Waals surface area contributed by atoms with E-state index in [2.05, 4.69) is 27.2 Å². The molecule has 12 heteroatoms. The van der Waals surface area contributed by atoms with Crippen LogP contribution in [-0.4, -0.2) is 89.8 Å². The van der Waals surface area contributed by atoms with Crippen LogP contribution >= 0.6 is 11.3 Å². The molecule has 0 radical (unpaired) electrons. The molecule has 10 nitrogen and oxygen atoms in total. The second-order valence-corrected chi connectivity index (χ2v) is 13.6. The van der Waals surface area contributed by atoms with Crippen LogP contribution in [0.4, 0.5) is 5.13 Å². The number of nitrogens with zero attached hydrogens (tertiary/aromatic N) is 5. The smallest absolute Gasteiger partial charge is 0.278 e. The minimum absolute atomic E-state index is 0.102. The summed E-state index contributed by atoms with van der Waals surface area (Å²) in [6.45, 7) is 8.21. The number of nitrogens with one attached hydrogen (secondary N) is 1. The normalized spacial score (nSPS) is 21.1. The number of hydrogen-bond acceptors (Lipinski definition) is 9. The number of hydrogen-bond donors (Lipinski definition) is 1. The summed E-state index contributed by atoms with van der Waals surface area (Å²) in [5.74, 6) is -0.273. The number of amides is 2. The van der Waals surface area contributed by atoms with E-state index in [0.717, 1.165) is 43.9 Å². The Kier molecular flexibility index (Phi) is 7.83. The Balaban J connectivity index is 1.27. The van der Waals surface area contributed by atoms with Crippen molar-refractivity contribution in [3.05, 3.63) is 40.9 Å². The van der Waals surface area contributed by atoms with E-state index in [1.54, 1.807) is 37.4 Å². The van der Waals surface area contributed by atoms with E-state index in [1.165, 1.54) is 11.3 Å². The third kappa shape index (κ3) is 6.08. The van der Waals surface area contributed by atoms with Crippen molar-refractivity contribution in [1.29, 1.82) is 0 Å². The molecule has 0 unspecified atom stereocenters. The van der Waals surface area contributed by atoms with Gasteiger partial charge in [-0.25, -0.2) is 13.4 Å². The van der Waals surface area contributed by atoms with E-state index in [1.807, 2.05) is 9.91 Å². The van der Waals surface area contributed by atoms with Crippen LogP contribution in [0.5, 0.6) is 0 Å². The summed E-state index contributed by atoms with van der Waals surface area (Å²) in [5, 5.41) is 9.63. The molecule has 3 heterocycles. The molecule has 1 saturated carbocycles. The Morgan fingerprint density at radius 3 is 2.45 bits per heavy atom. The van der Waals surface area contributed by atoms with Crippen molar-refractivity contribution >= 4 is 43.8 Å². The zero-order valence-corrected chi connectivity index (χ0v) is 23.4. The number of benzene rings is 1. The van der Waals surface area contributed by atoms with Gasteiger partial charge in [0.25, 0.3) is 5.91 Å². The maximum Gasteiger partial charge on any atom is 0.278 e. The van der Waals surface area contributed by atoms with Crippen LogP contribution in [-0.2, 0) is 26.0 Å². The molecule has 1 aromatic heterocycles. The quantitative estimate of drug-likeness (QED) is 0.495. The van der Waals surface area contributed by atoms with Gasteiger partial charge in [0, 0.05) is 68.9 Å². The molecule has 1 aromatic carbocycles. The third-order valence-electron chi connectivity index (χ3n) is 7.23. The number of hydrazone groups is 1. The highest BCUT2D eigenvalue weighted by Crippen LogP contribution is 2.33. The Bertz CT molecular complexity index is 1310. The molecule has 38 heavy (non-hydrogen) atoms. The lowest BCUT2D eigenvalue weighted by atomic mass is 10.1. The number of rotatable bonds is 8. The molecule has 204 valence electrons. The first-order chi connectivity index (χ1) is 18.2. The molecular weight excluding hydrogens is 524 g/mol. The van der Waals surface area contributed by atoms with Gasteiger partial charge in [0.05, 0.1) is 10.1 Å². The molecule has 2 aromatic rings. The van der Waals surface area contributed by atoms with Crippen molar-refractivity contribution in [2.24, 2.45) is 5.10 Å². The standard InChI is InChI=1S/C26H34N6O4S2/c1-18-16-30(13-14-32(18)19(2)33)17-21-15-27-26(37-21)28-25(34)24(29-31-11-3-4-12-31)20-5-7-22(8-6-20)38(35,36)23-9-10-23/h5-8,15,18,23H,3-4,9-14,16-17H2,1-2H3,(H,27,28,34)/t18-/m0/s1. The Morgan fingerprint density at radius 1 is 1.11 bits per heavy atom. The first-order valence-corrected chi connectivity index (χ1v) is 15.5. The molecule has 1 aliphatic carbocycles. The maximum atomic E-state index is 13.4. The predicted octanol–water partition coefficient (Wildman–Crippen LogP) is 2.57. The van der Waals surface area contributed by atoms with Crippen LogP contribution in [0.25, 0.3) is 0 Å². The predicted molar refractivity (Wildman–Crippen MR) is 147 cm³/mol. The van der Waals surface area contributed by atoms with Gasteiger partial charge in [-0.2, -0.15) is 5.10 Å². The van der Waals surface area contributed by atoms with Gasteiger partial charge in [-0.15, -0.1) is 11.3 Å². The van der Waals surface area contributed by atoms with Gasteiger partial charge in [0.2, 0.25) is 5.91 Å². The Morgan fingerprint density at radius 2 is 1.82 bits per heavy atom. The molecule has 1 N–H and O–H groups in total. The van der Waals surface area contributed by atoms with Crippen LogP contribution in [0.1, 0.15) is 50.0 Å². The van der Waals surface area contributed by atoms with Gasteiger partial charge in [0.1, 0.15) is 0 Å². The molecule has 3 fully saturated rings. The van der Waals surface area contributed by atoms with Crippen molar-refractivity contribution in [3.8, 4) is 0 Å². The van der Waals surface area contributed by atoms with Crippen molar-refractivity contribution in [1.82, 2.24) is 19.8 Å². The largest absolute Gasteiger partial charge is 0.338 e. The number of aromatic nitrogens is 1. The number of piperazine rings is 1. The summed E-state index contributed by atoms with van der Waals surface area (Å²) >= 11 is 1.42. The zero-order chi connectivity index (χ0) is 26.9. The lowest BCUT2D eigenvalue weighted by Crippen LogP contribution is -2.52. The zero-order valence-electron chi connectivity index (χ0n) is 21.8. The number of thiazole rings is 1. The van der Waals surface area contributed by atoms with E-state index in [0.29, 0.717) is 36.6 Å². The minimum Gasteiger partial charge on any atom is -0.338 e. The molecule has 2 aliphatic heterocycles. The van der Waals surface area contributed by atoms with Crippen molar-refractivity contribution in [2.75, 3.05) is 38.0 Å².